The molecule has 1 aromatic heterocycles. The van der Waals surface area contributed by atoms with Crippen molar-refractivity contribution in [3.8, 4) is 0 Å². The molecule has 0 aliphatic carbocycles. The molecule has 0 fully saturated rings. The highest BCUT2D eigenvalue weighted by atomic mass is 32.2. The van der Waals surface area contributed by atoms with Crippen molar-refractivity contribution in [2.24, 2.45) is 5.14 Å². The summed E-state index contributed by atoms with van der Waals surface area (Å²) in [5.74, 6) is -1.89. The quantitative estimate of drug-likeness (QED) is 0.479. The molecule has 1 amide bonds. The van der Waals surface area contributed by atoms with Gasteiger partial charge in [-0.25, -0.2) is 23.0 Å². The summed E-state index contributed by atoms with van der Waals surface area (Å²) in [5, 5.41) is 22.6. The van der Waals surface area contributed by atoms with E-state index in [9.17, 15) is 18.0 Å². The fraction of sp³-hybridized carbons (Fsp3) is 0.500. The summed E-state index contributed by atoms with van der Waals surface area (Å²) < 4.78 is 22.3. The number of hydrogen-bond acceptors (Lipinski definition) is 6. The van der Waals surface area contributed by atoms with Gasteiger partial charge < -0.3 is 10.4 Å². The zero-order valence-corrected chi connectivity index (χ0v) is 10.6. The maximum absolute atomic E-state index is 11.4. The molecule has 0 saturated carbocycles. The van der Waals surface area contributed by atoms with Crippen molar-refractivity contribution >= 4 is 21.9 Å². The summed E-state index contributed by atoms with van der Waals surface area (Å²) in [6, 6.07) is 0. The Morgan fingerprint density at radius 2 is 2.16 bits per heavy atom. The molecule has 0 radical (unpaired) electrons. The minimum absolute atomic E-state index is 0.149. The second kappa shape index (κ2) is 6.24. The first-order chi connectivity index (χ1) is 8.78. The van der Waals surface area contributed by atoms with Crippen LogP contribution < -0.4 is 10.5 Å². The molecule has 19 heavy (non-hydrogen) atoms. The number of carboxylic acid groups (broad SMARTS) is 1. The van der Waals surface area contributed by atoms with Gasteiger partial charge >= 0.3 is 5.97 Å². The predicted octanol–water partition coefficient (Wildman–Crippen LogP) is -2.23. The third-order valence-electron chi connectivity index (χ3n) is 1.99. The molecule has 0 aromatic carbocycles. The van der Waals surface area contributed by atoms with Crippen molar-refractivity contribution in [1.82, 2.24) is 20.3 Å². The van der Waals surface area contributed by atoms with Crippen molar-refractivity contribution in [3.05, 3.63) is 11.9 Å². The van der Waals surface area contributed by atoms with E-state index >= 15 is 0 Å². The van der Waals surface area contributed by atoms with Gasteiger partial charge in [0.15, 0.2) is 5.69 Å². The minimum Gasteiger partial charge on any atom is -0.476 e. The van der Waals surface area contributed by atoms with Crippen LogP contribution in [-0.2, 0) is 21.4 Å². The first-order valence-electron chi connectivity index (χ1n) is 5.18. The van der Waals surface area contributed by atoms with E-state index in [1.54, 1.807) is 0 Å². The van der Waals surface area contributed by atoms with Gasteiger partial charge in [0.25, 0.3) is 0 Å². The van der Waals surface area contributed by atoms with Gasteiger partial charge in [0.2, 0.25) is 15.9 Å². The number of carbonyl (C=O) groups excluding carboxylic acids is 1. The van der Waals surface area contributed by atoms with Crippen LogP contribution in [0, 0.1) is 0 Å². The van der Waals surface area contributed by atoms with Gasteiger partial charge in [-0.2, -0.15) is 0 Å². The second-order valence-electron chi connectivity index (χ2n) is 3.68. The lowest BCUT2D eigenvalue weighted by molar-refractivity contribution is -0.121. The molecule has 1 rings (SSSR count). The third-order valence-corrected chi connectivity index (χ3v) is 2.85. The average Bonchev–Trinajstić information content (AvgIpc) is 2.71. The number of hydrogen-bond donors (Lipinski definition) is 3. The van der Waals surface area contributed by atoms with Crippen molar-refractivity contribution < 1.29 is 23.1 Å². The van der Waals surface area contributed by atoms with Crippen LogP contribution in [0.15, 0.2) is 6.20 Å². The van der Waals surface area contributed by atoms with E-state index < -0.39 is 21.9 Å². The zero-order chi connectivity index (χ0) is 14.5. The van der Waals surface area contributed by atoms with Crippen LogP contribution in [0.25, 0.3) is 0 Å². The Balaban J connectivity index is 2.33. The highest BCUT2D eigenvalue weighted by molar-refractivity contribution is 7.89. The molecule has 0 saturated heterocycles. The molecule has 10 nitrogen and oxygen atoms in total. The molecular weight excluding hydrogens is 278 g/mol. The van der Waals surface area contributed by atoms with Crippen LogP contribution in [0.2, 0.25) is 0 Å². The van der Waals surface area contributed by atoms with Crippen LogP contribution in [-0.4, -0.2) is 52.7 Å². The van der Waals surface area contributed by atoms with Gasteiger partial charge in [-0.3, -0.25) is 4.79 Å². The van der Waals surface area contributed by atoms with E-state index in [1.807, 2.05) is 0 Å². The van der Waals surface area contributed by atoms with E-state index in [4.69, 9.17) is 10.2 Å². The topological polar surface area (TPSA) is 157 Å². The van der Waals surface area contributed by atoms with Crippen molar-refractivity contribution in [1.29, 1.82) is 0 Å². The average molecular weight is 291 g/mol. The normalized spacial score (nSPS) is 11.2. The largest absolute Gasteiger partial charge is 0.476 e. The lowest BCUT2D eigenvalue weighted by Gasteiger charge is -2.04. The molecular formula is C8H13N5O5S. The summed E-state index contributed by atoms with van der Waals surface area (Å²) in [6.45, 7) is -0.0502. The van der Waals surface area contributed by atoms with Gasteiger partial charge in [0, 0.05) is 6.54 Å². The number of amides is 1. The van der Waals surface area contributed by atoms with Gasteiger partial charge in [-0.15, -0.1) is 5.10 Å². The number of carboxylic acids is 1. The monoisotopic (exact) mass is 291 g/mol. The summed E-state index contributed by atoms with van der Waals surface area (Å²) in [6.07, 6.45) is 1.31. The maximum Gasteiger partial charge on any atom is 0.358 e. The van der Waals surface area contributed by atoms with Crippen LogP contribution in [0.4, 0.5) is 0 Å². The van der Waals surface area contributed by atoms with Crippen LogP contribution >= 0.6 is 0 Å². The Morgan fingerprint density at radius 1 is 1.47 bits per heavy atom. The third kappa shape index (κ3) is 5.92. The molecule has 1 aromatic rings. The van der Waals surface area contributed by atoms with Crippen molar-refractivity contribution in [3.63, 3.8) is 0 Å². The van der Waals surface area contributed by atoms with Gasteiger partial charge in [-0.1, -0.05) is 5.21 Å². The lowest BCUT2D eigenvalue weighted by Crippen LogP contribution is -2.30. The first kappa shape index (κ1) is 15.0. The van der Waals surface area contributed by atoms with Gasteiger partial charge in [0.1, 0.15) is 6.54 Å². The molecule has 11 heteroatoms. The van der Waals surface area contributed by atoms with Crippen molar-refractivity contribution in [2.75, 3.05) is 12.3 Å². The van der Waals surface area contributed by atoms with Gasteiger partial charge in [0.05, 0.1) is 11.9 Å². The summed E-state index contributed by atoms with van der Waals surface area (Å²) in [5.41, 5.74) is -0.262. The molecule has 0 bridgehead atoms. The lowest BCUT2D eigenvalue weighted by atomic mass is 10.4. The van der Waals surface area contributed by atoms with E-state index in [-0.39, 0.29) is 31.0 Å². The molecule has 4 N–H and O–H groups in total. The van der Waals surface area contributed by atoms with Gasteiger partial charge in [-0.05, 0) is 6.42 Å². The fourth-order valence-electron chi connectivity index (χ4n) is 1.18. The molecule has 0 unspecified atom stereocenters. The van der Waals surface area contributed by atoms with E-state index in [0.29, 0.717) is 0 Å². The number of aromatic carboxylic acids is 1. The van der Waals surface area contributed by atoms with Crippen molar-refractivity contribution in [2.45, 2.75) is 13.0 Å². The maximum atomic E-state index is 11.4. The fourth-order valence-corrected chi connectivity index (χ4v) is 1.72. The number of carbonyl (C=O) groups is 2. The molecule has 0 spiro atoms. The Bertz CT molecular complexity index is 566. The number of nitrogens with two attached hydrogens (primary N) is 1. The second-order valence-corrected chi connectivity index (χ2v) is 5.41. The molecule has 0 aliphatic rings. The molecule has 106 valence electrons. The Hall–Kier alpha value is -2.01. The van der Waals surface area contributed by atoms with E-state index in [0.717, 1.165) is 10.9 Å². The summed E-state index contributed by atoms with van der Waals surface area (Å²) in [4.78, 5) is 21.9. The summed E-state index contributed by atoms with van der Waals surface area (Å²) >= 11 is 0. The minimum atomic E-state index is -3.53. The standard InChI is InChI=1S/C8H13N5O5S/c9-19(17,18)3-1-2-10-7(14)5-13-4-6(8(15)16)11-12-13/h4H,1-3,5H2,(H,10,14)(H,15,16)(H2,9,17,18). The number of primary sulfonamides is 1. The van der Waals surface area contributed by atoms with E-state index in [1.165, 1.54) is 0 Å². The predicted molar refractivity (Wildman–Crippen MR) is 62.6 cm³/mol. The molecule has 0 atom stereocenters. The number of nitrogens with zero attached hydrogens (tertiary/aromatic N) is 3. The smallest absolute Gasteiger partial charge is 0.358 e. The Morgan fingerprint density at radius 3 is 2.68 bits per heavy atom. The van der Waals surface area contributed by atoms with E-state index in [2.05, 4.69) is 15.6 Å². The SMILES string of the molecule is NS(=O)(=O)CCCNC(=O)Cn1cc(C(=O)O)nn1. The molecule has 0 aliphatic heterocycles. The number of nitrogens with one attached hydrogen (secondary N) is 1. The molecule has 1 heterocycles. The Labute approximate surface area is 108 Å². The Kier molecular flexibility index (Phi) is 4.94. The zero-order valence-electron chi connectivity index (χ0n) is 9.81. The highest BCUT2D eigenvalue weighted by Gasteiger charge is 2.10. The summed E-state index contributed by atoms with van der Waals surface area (Å²) in [7, 11) is -3.53. The van der Waals surface area contributed by atoms with Crippen LogP contribution in [0.3, 0.4) is 0 Å². The highest BCUT2D eigenvalue weighted by Crippen LogP contribution is 1.92. The number of aromatic nitrogens is 3. The number of rotatable bonds is 7. The first-order valence-corrected chi connectivity index (χ1v) is 6.90. The van der Waals surface area contributed by atoms with Crippen LogP contribution in [0.1, 0.15) is 16.9 Å². The van der Waals surface area contributed by atoms with Crippen LogP contribution in [0.5, 0.6) is 0 Å². The number of sulfonamides is 1.